The summed E-state index contributed by atoms with van der Waals surface area (Å²) in [6, 6.07) is 0.378. The van der Waals surface area contributed by atoms with Crippen LogP contribution in [-0.2, 0) is 0 Å². The van der Waals surface area contributed by atoms with E-state index >= 15 is 0 Å². The van der Waals surface area contributed by atoms with Crippen molar-refractivity contribution in [2.75, 3.05) is 11.9 Å². The Morgan fingerprint density at radius 1 is 1.31 bits per heavy atom. The number of rotatable bonds is 5. The second-order valence-corrected chi connectivity index (χ2v) is 4.26. The average molecular weight is 223 g/mol. The number of hydrogen-bond acceptors (Lipinski definition) is 4. The maximum atomic E-state index is 5.43. The van der Waals surface area contributed by atoms with E-state index in [9.17, 15) is 0 Å². The lowest BCUT2D eigenvalue weighted by Gasteiger charge is -2.19. The fourth-order valence-electron chi connectivity index (χ4n) is 1.24. The maximum absolute atomic E-state index is 5.43. The molecule has 0 spiro atoms. The zero-order chi connectivity index (χ0) is 12.1. The largest absolute Gasteiger partial charge is 0.478 e. The molecule has 0 aromatic carbocycles. The van der Waals surface area contributed by atoms with Crippen molar-refractivity contribution in [1.29, 1.82) is 0 Å². The molecule has 1 heterocycles. The van der Waals surface area contributed by atoms with Crippen LogP contribution in [0.25, 0.3) is 0 Å². The van der Waals surface area contributed by atoms with Gasteiger partial charge in [-0.3, -0.25) is 0 Å². The highest BCUT2D eigenvalue weighted by molar-refractivity contribution is 5.48. The molecular weight excluding hydrogens is 202 g/mol. The first kappa shape index (κ1) is 12.7. The minimum atomic E-state index is 0.378. The molecule has 1 N–H and O–H groups in total. The van der Waals surface area contributed by atoms with Crippen LogP contribution in [0.1, 0.15) is 33.3 Å². The topological polar surface area (TPSA) is 47.0 Å². The van der Waals surface area contributed by atoms with Crippen molar-refractivity contribution in [2.24, 2.45) is 5.92 Å². The molecule has 0 saturated heterocycles. The van der Waals surface area contributed by atoms with Gasteiger partial charge in [-0.15, -0.1) is 0 Å². The second kappa shape index (κ2) is 5.68. The van der Waals surface area contributed by atoms with Crippen LogP contribution in [-0.4, -0.2) is 22.6 Å². The zero-order valence-corrected chi connectivity index (χ0v) is 10.7. The molecule has 0 radical (unpaired) electrons. The second-order valence-electron chi connectivity index (χ2n) is 4.26. The van der Waals surface area contributed by atoms with Gasteiger partial charge in [0.15, 0.2) is 0 Å². The molecule has 90 valence electrons. The molecule has 0 aliphatic heterocycles. The fourth-order valence-corrected chi connectivity index (χ4v) is 1.24. The van der Waals surface area contributed by atoms with Gasteiger partial charge in [-0.25, -0.2) is 9.97 Å². The summed E-state index contributed by atoms with van der Waals surface area (Å²) in [6.45, 7) is 11.0. The summed E-state index contributed by atoms with van der Waals surface area (Å²) >= 11 is 0. The number of ether oxygens (including phenoxy) is 1. The van der Waals surface area contributed by atoms with E-state index in [2.05, 4.69) is 36.1 Å². The van der Waals surface area contributed by atoms with Crippen LogP contribution in [0.3, 0.4) is 0 Å². The monoisotopic (exact) mass is 223 g/mol. The summed E-state index contributed by atoms with van der Waals surface area (Å²) in [5.74, 6) is 2.08. The molecule has 0 aliphatic carbocycles. The molecule has 16 heavy (non-hydrogen) atoms. The highest BCUT2D eigenvalue weighted by Crippen LogP contribution is 2.21. The van der Waals surface area contributed by atoms with Gasteiger partial charge in [-0.1, -0.05) is 13.8 Å². The van der Waals surface area contributed by atoms with Gasteiger partial charge in [-0.2, -0.15) is 0 Å². The summed E-state index contributed by atoms with van der Waals surface area (Å²) in [4.78, 5) is 8.35. The van der Waals surface area contributed by atoms with Crippen molar-refractivity contribution in [2.45, 2.75) is 40.7 Å². The van der Waals surface area contributed by atoms with E-state index < -0.39 is 0 Å². The van der Waals surface area contributed by atoms with E-state index in [0.29, 0.717) is 24.4 Å². The van der Waals surface area contributed by atoms with Crippen molar-refractivity contribution in [1.82, 2.24) is 9.97 Å². The molecule has 0 bridgehead atoms. The Morgan fingerprint density at radius 2 is 2.00 bits per heavy atom. The predicted molar refractivity (Wildman–Crippen MR) is 65.9 cm³/mol. The third-order valence-corrected chi connectivity index (χ3v) is 2.68. The third kappa shape index (κ3) is 3.08. The number of nitrogens with one attached hydrogen (secondary N) is 1. The molecule has 0 amide bonds. The summed E-state index contributed by atoms with van der Waals surface area (Å²) < 4.78 is 5.43. The Bertz CT molecular complexity index is 339. The molecule has 4 heteroatoms. The maximum Gasteiger partial charge on any atom is 0.221 e. The van der Waals surface area contributed by atoms with Crippen molar-refractivity contribution in [3.8, 4) is 5.88 Å². The predicted octanol–water partition coefficient (Wildman–Crippen LogP) is 2.64. The van der Waals surface area contributed by atoms with E-state index in [1.165, 1.54) is 6.33 Å². The smallest absolute Gasteiger partial charge is 0.221 e. The average Bonchev–Trinajstić information content (AvgIpc) is 2.24. The molecule has 0 aliphatic rings. The third-order valence-electron chi connectivity index (χ3n) is 2.68. The van der Waals surface area contributed by atoms with Crippen LogP contribution < -0.4 is 10.1 Å². The SMILES string of the molecule is CCOc1ncnc(NC(C)C(C)C)c1C. The Hall–Kier alpha value is -1.32. The van der Waals surface area contributed by atoms with Crippen LogP contribution in [0, 0.1) is 12.8 Å². The van der Waals surface area contributed by atoms with Gasteiger partial charge in [0.1, 0.15) is 12.1 Å². The normalized spacial score (nSPS) is 12.6. The van der Waals surface area contributed by atoms with Crippen LogP contribution in [0.2, 0.25) is 0 Å². The zero-order valence-electron chi connectivity index (χ0n) is 10.7. The van der Waals surface area contributed by atoms with Crippen LogP contribution in [0.4, 0.5) is 5.82 Å². The minimum Gasteiger partial charge on any atom is -0.478 e. The quantitative estimate of drug-likeness (QED) is 0.833. The van der Waals surface area contributed by atoms with Crippen molar-refractivity contribution in [3.05, 3.63) is 11.9 Å². The van der Waals surface area contributed by atoms with Gasteiger partial charge in [0, 0.05) is 6.04 Å². The van der Waals surface area contributed by atoms with Crippen molar-refractivity contribution < 1.29 is 4.74 Å². The number of nitrogens with zero attached hydrogens (tertiary/aromatic N) is 2. The van der Waals surface area contributed by atoms with Crippen molar-refractivity contribution in [3.63, 3.8) is 0 Å². The Kier molecular flexibility index (Phi) is 4.52. The summed E-state index contributed by atoms with van der Waals surface area (Å²) in [5, 5.41) is 3.38. The molecule has 1 aromatic heterocycles. The minimum absolute atomic E-state index is 0.378. The Balaban J connectivity index is 2.84. The number of anilines is 1. The lowest BCUT2D eigenvalue weighted by atomic mass is 10.1. The highest BCUT2D eigenvalue weighted by atomic mass is 16.5. The Labute approximate surface area is 97.5 Å². The highest BCUT2D eigenvalue weighted by Gasteiger charge is 2.12. The van der Waals surface area contributed by atoms with Crippen molar-refractivity contribution >= 4 is 5.82 Å². The fraction of sp³-hybridized carbons (Fsp3) is 0.667. The Morgan fingerprint density at radius 3 is 2.56 bits per heavy atom. The molecule has 0 fully saturated rings. The molecule has 1 atom stereocenters. The van der Waals surface area contributed by atoms with E-state index in [4.69, 9.17) is 4.74 Å². The van der Waals surface area contributed by atoms with Gasteiger partial charge in [-0.05, 0) is 26.7 Å². The van der Waals surface area contributed by atoms with Crippen LogP contribution in [0.15, 0.2) is 6.33 Å². The molecule has 0 saturated carbocycles. The molecule has 4 nitrogen and oxygen atoms in total. The first-order valence-electron chi connectivity index (χ1n) is 5.77. The molecule has 1 rings (SSSR count). The van der Waals surface area contributed by atoms with Gasteiger partial charge >= 0.3 is 0 Å². The first-order chi connectivity index (χ1) is 7.56. The van der Waals surface area contributed by atoms with Crippen LogP contribution in [0.5, 0.6) is 5.88 Å². The van der Waals surface area contributed by atoms with E-state index in [1.807, 2.05) is 13.8 Å². The van der Waals surface area contributed by atoms with Crippen LogP contribution >= 0.6 is 0 Å². The standard InChI is InChI=1S/C12H21N3O/c1-6-16-12-9(4)11(13-7-14-12)15-10(5)8(2)3/h7-8,10H,6H2,1-5H3,(H,13,14,15). The van der Waals surface area contributed by atoms with Gasteiger partial charge in [0.05, 0.1) is 12.2 Å². The number of hydrogen-bond donors (Lipinski definition) is 1. The molecular formula is C12H21N3O. The first-order valence-corrected chi connectivity index (χ1v) is 5.77. The molecule has 1 unspecified atom stereocenters. The lowest BCUT2D eigenvalue weighted by Crippen LogP contribution is -2.23. The van der Waals surface area contributed by atoms with E-state index in [-0.39, 0.29) is 0 Å². The molecule has 1 aromatic rings. The number of aromatic nitrogens is 2. The van der Waals surface area contributed by atoms with E-state index in [0.717, 1.165) is 11.4 Å². The lowest BCUT2D eigenvalue weighted by molar-refractivity contribution is 0.323. The summed E-state index contributed by atoms with van der Waals surface area (Å²) in [7, 11) is 0. The van der Waals surface area contributed by atoms with Gasteiger partial charge < -0.3 is 10.1 Å². The van der Waals surface area contributed by atoms with Gasteiger partial charge in [0.2, 0.25) is 5.88 Å². The van der Waals surface area contributed by atoms with Gasteiger partial charge in [0.25, 0.3) is 0 Å². The summed E-state index contributed by atoms with van der Waals surface area (Å²) in [5.41, 5.74) is 0.969. The summed E-state index contributed by atoms with van der Waals surface area (Å²) in [6.07, 6.45) is 1.54. The van der Waals surface area contributed by atoms with E-state index in [1.54, 1.807) is 0 Å².